The van der Waals surface area contributed by atoms with Crippen LogP contribution in [-0.2, 0) is 19.1 Å². The minimum Gasteiger partial charge on any atom is -0.488 e. The molecular formula is C22H25ClFNO5. The number of fused-ring (bicyclic) bond motifs is 1. The Hall–Kier alpha value is -2.41. The Labute approximate surface area is 180 Å². The molecule has 1 saturated carbocycles. The van der Waals surface area contributed by atoms with Gasteiger partial charge in [0.05, 0.1) is 29.2 Å². The molecule has 2 unspecified atom stereocenters. The van der Waals surface area contributed by atoms with Crippen LogP contribution in [0.15, 0.2) is 24.3 Å². The summed E-state index contributed by atoms with van der Waals surface area (Å²) in [6.45, 7) is 2.34. The number of ether oxygens (including phenoxy) is 2. The van der Waals surface area contributed by atoms with Crippen molar-refractivity contribution in [2.75, 3.05) is 18.1 Å². The summed E-state index contributed by atoms with van der Waals surface area (Å²) in [4.78, 5) is 38.0. The van der Waals surface area contributed by atoms with Gasteiger partial charge < -0.3 is 9.47 Å². The Morgan fingerprint density at radius 1 is 1.23 bits per heavy atom. The van der Waals surface area contributed by atoms with Gasteiger partial charge in [-0.3, -0.25) is 9.59 Å². The van der Waals surface area contributed by atoms with E-state index in [1.165, 1.54) is 18.2 Å². The van der Waals surface area contributed by atoms with Crippen molar-refractivity contribution in [2.45, 2.75) is 45.4 Å². The highest BCUT2D eigenvalue weighted by molar-refractivity contribution is 6.32. The van der Waals surface area contributed by atoms with Gasteiger partial charge in [-0.15, -0.1) is 0 Å². The van der Waals surface area contributed by atoms with Crippen molar-refractivity contribution in [3.05, 3.63) is 35.1 Å². The third kappa shape index (κ3) is 4.83. The van der Waals surface area contributed by atoms with Crippen LogP contribution in [-0.4, -0.2) is 31.0 Å². The molecule has 1 aromatic carbocycles. The van der Waals surface area contributed by atoms with E-state index in [-0.39, 0.29) is 46.7 Å². The summed E-state index contributed by atoms with van der Waals surface area (Å²) in [5, 5.41) is 0.00619. The number of hydrogen-bond acceptors (Lipinski definition) is 5. The fourth-order valence-electron chi connectivity index (χ4n) is 3.85. The van der Waals surface area contributed by atoms with Gasteiger partial charge in [-0.1, -0.05) is 37.8 Å². The van der Waals surface area contributed by atoms with E-state index in [2.05, 4.69) is 0 Å². The number of carbonyl (C=O) groups excluding carboxylic acids is 3. The third-order valence-electron chi connectivity index (χ3n) is 5.41. The van der Waals surface area contributed by atoms with Gasteiger partial charge in [-0.05, 0) is 31.4 Å². The summed E-state index contributed by atoms with van der Waals surface area (Å²) in [6, 6.07) is 2.29. The van der Waals surface area contributed by atoms with E-state index >= 15 is 0 Å². The lowest BCUT2D eigenvalue weighted by Crippen LogP contribution is -2.31. The first-order valence-corrected chi connectivity index (χ1v) is 10.6. The van der Waals surface area contributed by atoms with Crippen LogP contribution in [0.1, 0.15) is 45.4 Å². The highest BCUT2D eigenvalue weighted by Crippen LogP contribution is 2.42. The molecule has 162 valence electrons. The molecule has 0 aromatic heterocycles. The number of rotatable bonds is 8. The number of hydrogen-bond donors (Lipinski definition) is 0. The average molecular weight is 438 g/mol. The summed E-state index contributed by atoms with van der Waals surface area (Å²) in [6.07, 6.45) is 7.47. The van der Waals surface area contributed by atoms with Crippen LogP contribution in [0.25, 0.3) is 0 Å². The zero-order chi connectivity index (χ0) is 21.7. The minimum absolute atomic E-state index is 0.00619. The second-order valence-corrected chi connectivity index (χ2v) is 7.88. The van der Waals surface area contributed by atoms with E-state index in [4.69, 9.17) is 21.1 Å². The molecule has 1 aliphatic carbocycles. The van der Waals surface area contributed by atoms with Gasteiger partial charge in [0, 0.05) is 12.1 Å². The Kier molecular flexibility index (Phi) is 7.48. The van der Waals surface area contributed by atoms with Crippen LogP contribution in [0.5, 0.6) is 5.75 Å². The van der Waals surface area contributed by atoms with E-state index in [0.29, 0.717) is 19.4 Å². The maximum atomic E-state index is 14.6. The number of carbonyl (C=O) groups is 3. The number of amides is 2. The zero-order valence-electron chi connectivity index (χ0n) is 16.9. The molecular weight excluding hydrogens is 413 g/mol. The first kappa shape index (κ1) is 22.3. The number of unbranched alkanes of at least 4 members (excludes halogenated alkanes) is 1. The Morgan fingerprint density at radius 2 is 1.90 bits per heavy atom. The van der Waals surface area contributed by atoms with Crippen LogP contribution in [0.2, 0.25) is 5.02 Å². The quantitative estimate of drug-likeness (QED) is 0.260. The van der Waals surface area contributed by atoms with Crippen molar-refractivity contribution < 1.29 is 28.2 Å². The molecule has 3 rings (SSSR count). The topological polar surface area (TPSA) is 72.9 Å². The predicted octanol–water partition coefficient (Wildman–Crippen LogP) is 4.44. The highest BCUT2D eigenvalue weighted by atomic mass is 35.5. The van der Waals surface area contributed by atoms with E-state index in [0.717, 1.165) is 36.6 Å². The molecule has 6 nitrogen and oxygen atoms in total. The van der Waals surface area contributed by atoms with Gasteiger partial charge in [0.2, 0.25) is 11.8 Å². The van der Waals surface area contributed by atoms with Crippen LogP contribution in [0, 0.1) is 17.7 Å². The average Bonchev–Trinajstić information content (AvgIpc) is 2.98. The molecule has 2 atom stereocenters. The molecule has 1 heterocycles. The Balaban J connectivity index is 1.69. The summed E-state index contributed by atoms with van der Waals surface area (Å²) in [5.74, 6) is -2.62. The van der Waals surface area contributed by atoms with E-state index in [9.17, 15) is 18.8 Å². The fourth-order valence-corrected chi connectivity index (χ4v) is 4.05. The number of nitrogens with zero attached hydrogens (tertiary/aromatic N) is 1. The van der Waals surface area contributed by atoms with E-state index in [1.54, 1.807) is 0 Å². The third-order valence-corrected chi connectivity index (χ3v) is 5.71. The standard InChI is InChI=1S/C22H25ClFNO5/c1-2-3-10-30-20(26)9-6-11-29-19-13-18(17(24)12-16(19)23)25-21(27)14-7-4-5-8-15(14)22(25)28/h6,9,12-15H,2-5,7-8,10-11H2,1H3/b9-6+. The monoisotopic (exact) mass is 437 g/mol. The van der Waals surface area contributed by atoms with E-state index < -0.39 is 11.8 Å². The van der Waals surface area contributed by atoms with Gasteiger partial charge in [0.1, 0.15) is 18.2 Å². The minimum atomic E-state index is -0.761. The molecule has 0 spiro atoms. The second kappa shape index (κ2) is 10.1. The largest absolute Gasteiger partial charge is 0.488 e. The maximum absolute atomic E-state index is 14.6. The molecule has 2 aliphatic rings. The molecule has 30 heavy (non-hydrogen) atoms. The first-order valence-electron chi connectivity index (χ1n) is 10.3. The molecule has 8 heteroatoms. The Morgan fingerprint density at radius 3 is 2.53 bits per heavy atom. The van der Waals surface area contributed by atoms with Gasteiger partial charge in [-0.2, -0.15) is 0 Å². The van der Waals surface area contributed by atoms with Crippen LogP contribution in [0.3, 0.4) is 0 Å². The summed E-state index contributed by atoms with van der Waals surface area (Å²) in [5.41, 5.74) is -0.151. The second-order valence-electron chi connectivity index (χ2n) is 7.48. The molecule has 1 aliphatic heterocycles. The molecule has 1 aromatic rings. The number of benzene rings is 1. The SMILES string of the molecule is CCCCOC(=O)/C=C/COc1cc(N2C(=O)C3CCCCC3C2=O)c(F)cc1Cl. The molecule has 2 fully saturated rings. The lowest BCUT2D eigenvalue weighted by molar-refractivity contribution is -0.137. The Bertz CT molecular complexity index is 832. The van der Waals surface area contributed by atoms with Crippen LogP contribution in [0.4, 0.5) is 10.1 Å². The van der Waals surface area contributed by atoms with Gasteiger partial charge in [0.25, 0.3) is 0 Å². The summed E-state index contributed by atoms with van der Waals surface area (Å²) < 4.78 is 25.1. The van der Waals surface area contributed by atoms with Crippen molar-refractivity contribution in [3.63, 3.8) is 0 Å². The number of halogens is 2. The molecule has 0 bridgehead atoms. The summed E-state index contributed by atoms with van der Waals surface area (Å²) >= 11 is 6.06. The number of imide groups is 1. The number of esters is 1. The predicted molar refractivity (Wildman–Crippen MR) is 110 cm³/mol. The van der Waals surface area contributed by atoms with Crippen molar-refractivity contribution in [1.82, 2.24) is 0 Å². The number of anilines is 1. The molecule has 1 saturated heterocycles. The van der Waals surface area contributed by atoms with Gasteiger partial charge in [0.15, 0.2) is 0 Å². The lowest BCUT2D eigenvalue weighted by atomic mass is 9.81. The summed E-state index contributed by atoms with van der Waals surface area (Å²) in [7, 11) is 0. The van der Waals surface area contributed by atoms with Gasteiger partial charge >= 0.3 is 5.97 Å². The molecule has 2 amide bonds. The normalized spacial score (nSPS) is 21.2. The van der Waals surface area contributed by atoms with Crippen molar-refractivity contribution in [2.24, 2.45) is 11.8 Å². The van der Waals surface area contributed by atoms with Crippen LogP contribution < -0.4 is 9.64 Å². The van der Waals surface area contributed by atoms with Gasteiger partial charge in [-0.25, -0.2) is 14.1 Å². The molecule has 0 radical (unpaired) electrons. The lowest BCUT2D eigenvalue weighted by Gasteiger charge is -2.19. The first-order chi connectivity index (χ1) is 14.4. The van der Waals surface area contributed by atoms with E-state index in [1.807, 2.05) is 6.92 Å². The van der Waals surface area contributed by atoms with Crippen molar-refractivity contribution in [1.29, 1.82) is 0 Å². The fraction of sp³-hybridized carbons (Fsp3) is 0.500. The molecule has 0 N–H and O–H groups in total. The highest BCUT2D eigenvalue weighted by Gasteiger charge is 2.49. The van der Waals surface area contributed by atoms with Crippen molar-refractivity contribution in [3.8, 4) is 5.75 Å². The van der Waals surface area contributed by atoms with Crippen LogP contribution >= 0.6 is 11.6 Å². The zero-order valence-corrected chi connectivity index (χ0v) is 17.6. The maximum Gasteiger partial charge on any atom is 0.330 e. The van der Waals surface area contributed by atoms with Crippen molar-refractivity contribution >= 4 is 35.1 Å². The smallest absolute Gasteiger partial charge is 0.330 e.